The molecule has 2 aromatic carbocycles. The molecule has 1 aliphatic heterocycles. The van der Waals surface area contributed by atoms with Crippen molar-refractivity contribution in [1.82, 2.24) is 5.43 Å². The summed E-state index contributed by atoms with van der Waals surface area (Å²) >= 11 is 1.54. The monoisotopic (exact) mass is 394 g/mol. The highest BCUT2D eigenvalue weighted by Gasteiger charge is 2.35. The van der Waals surface area contributed by atoms with E-state index in [-0.39, 0.29) is 11.9 Å². The number of nitrogens with one attached hydrogen (secondary N) is 1. The Bertz CT molecular complexity index is 1030. The van der Waals surface area contributed by atoms with Crippen LogP contribution in [0.4, 0.5) is 10.1 Å². The van der Waals surface area contributed by atoms with Crippen molar-refractivity contribution in [1.29, 1.82) is 0 Å². The number of hydrogen-bond donors (Lipinski definition) is 2. The largest absolute Gasteiger partial charge is 0.388 e. The van der Waals surface area contributed by atoms with Gasteiger partial charge in [0, 0.05) is 10.4 Å². The lowest BCUT2D eigenvalue weighted by Crippen LogP contribution is -2.48. The normalized spacial score (nSPS) is 17.1. The summed E-state index contributed by atoms with van der Waals surface area (Å²) in [5.74, 6) is -0.223. The first-order valence-corrected chi connectivity index (χ1v) is 10.1. The van der Waals surface area contributed by atoms with Crippen LogP contribution in [0.3, 0.4) is 0 Å². The van der Waals surface area contributed by atoms with Gasteiger partial charge in [-0.2, -0.15) is 0 Å². The molecule has 1 aliphatic rings. The maximum absolute atomic E-state index is 14.2. The molecule has 3 nitrogen and oxygen atoms in total. The maximum Gasteiger partial charge on any atom is 0.131 e. The molecule has 0 bridgehead atoms. The van der Waals surface area contributed by atoms with Crippen LogP contribution in [-0.4, -0.2) is 16.7 Å². The number of benzene rings is 2. The lowest BCUT2D eigenvalue weighted by atomic mass is 9.99. The second-order valence-electron chi connectivity index (χ2n) is 7.58. The van der Waals surface area contributed by atoms with Gasteiger partial charge in [-0.15, -0.1) is 11.3 Å². The number of rotatable bonds is 4. The Kier molecular flexibility index (Phi) is 4.83. The first-order valence-electron chi connectivity index (χ1n) is 9.26. The van der Waals surface area contributed by atoms with Gasteiger partial charge in [-0.3, -0.25) is 5.01 Å². The number of hydrazine groups is 1. The Morgan fingerprint density at radius 3 is 2.39 bits per heavy atom. The van der Waals surface area contributed by atoms with Gasteiger partial charge >= 0.3 is 0 Å². The van der Waals surface area contributed by atoms with Crippen LogP contribution in [0, 0.1) is 12.7 Å². The number of hydrogen-bond acceptors (Lipinski definition) is 4. The van der Waals surface area contributed by atoms with Crippen molar-refractivity contribution < 1.29 is 9.50 Å². The van der Waals surface area contributed by atoms with Crippen molar-refractivity contribution in [3.8, 4) is 10.4 Å². The molecule has 1 atom stereocenters. The van der Waals surface area contributed by atoms with E-state index in [1.807, 2.05) is 47.5 Å². The second kappa shape index (κ2) is 7.17. The Morgan fingerprint density at radius 1 is 1.00 bits per heavy atom. The molecule has 1 unspecified atom stereocenters. The summed E-state index contributed by atoms with van der Waals surface area (Å²) in [5, 5.41) is 12.6. The average molecular weight is 395 g/mol. The molecule has 2 N–H and O–H groups in total. The topological polar surface area (TPSA) is 35.5 Å². The van der Waals surface area contributed by atoms with Gasteiger partial charge in [0.2, 0.25) is 0 Å². The summed E-state index contributed by atoms with van der Waals surface area (Å²) in [5.41, 5.74) is 6.23. The van der Waals surface area contributed by atoms with Crippen LogP contribution in [-0.2, 0) is 0 Å². The van der Waals surface area contributed by atoms with Gasteiger partial charge in [0.05, 0.1) is 27.9 Å². The average Bonchev–Trinajstić information content (AvgIpc) is 3.29. The third kappa shape index (κ3) is 3.49. The molecule has 0 saturated carbocycles. The van der Waals surface area contributed by atoms with Gasteiger partial charge in [0.15, 0.2) is 0 Å². The summed E-state index contributed by atoms with van der Waals surface area (Å²) in [7, 11) is 0. The summed E-state index contributed by atoms with van der Waals surface area (Å²) < 4.78 is 14.2. The summed E-state index contributed by atoms with van der Waals surface area (Å²) in [6.45, 7) is 5.64. The highest BCUT2D eigenvalue weighted by molar-refractivity contribution is 7.16. The highest BCUT2D eigenvalue weighted by Crippen LogP contribution is 2.39. The summed E-state index contributed by atoms with van der Waals surface area (Å²) in [6, 6.07) is 18.7. The van der Waals surface area contributed by atoms with E-state index in [2.05, 4.69) is 18.4 Å². The molecule has 2 heterocycles. The van der Waals surface area contributed by atoms with Crippen molar-refractivity contribution in [3.63, 3.8) is 0 Å². The molecule has 0 spiro atoms. The van der Waals surface area contributed by atoms with E-state index in [1.54, 1.807) is 37.3 Å². The van der Waals surface area contributed by atoms with Crippen molar-refractivity contribution in [2.24, 2.45) is 0 Å². The molecule has 0 radical (unpaired) electrons. The van der Waals surface area contributed by atoms with Gasteiger partial charge in [-0.25, -0.2) is 9.82 Å². The number of aryl methyl sites for hydroxylation is 1. The molecular formula is C23H23FN2OS. The Labute approximate surface area is 168 Å². The van der Waals surface area contributed by atoms with Crippen LogP contribution in [0.5, 0.6) is 0 Å². The Hall–Kier alpha value is -2.47. The molecular weight excluding hydrogens is 371 g/mol. The molecule has 0 amide bonds. The first kappa shape index (κ1) is 18.9. The molecule has 144 valence electrons. The minimum absolute atomic E-state index is 0.223. The number of aliphatic hydroxyl groups is 1. The van der Waals surface area contributed by atoms with Crippen LogP contribution < -0.4 is 10.4 Å². The third-order valence-electron chi connectivity index (χ3n) is 4.95. The standard InChI is InChI=1S/C23H23FN2OS/c1-15-8-4-7-11-18(15)26-19(14-22(25-26)23(2,3)27)21-13-12-20(28-21)16-9-5-6-10-17(16)24/h4-14,22,25,27H,1-3H3. The van der Waals surface area contributed by atoms with Crippen molar-refractivity contribution >= 4 is 22.7 Å². The summed E-state index contributed by atoms with van der Waals surface area (Å²) in [6.07, 6.45) is 2.05. The quantitative estimate of drug-likeness (QED) is 0.625. The summed E-state index contributed by atoms with van der Waals surface area (Å²) in [4.78, 5) is 1.89. The number of nitrogens with zero attached hydrogens (tertiary/aromatic N) is 1. The van der Waals surface area contributed by atoms with Crippen LogP contribution >= 0.6 is 11.3 Å². The van der Waals surface area contributed by atoms with E-state index in [0.29, 0.717) is 5.56 Å². The van der Waals surface area contributed by atoms with E-state index < -0.39 is 5.60 Å². The van der Waals surface area contributed by atoms with Crippen molar-refractivity contribution in [3.05, 3.63) is 83.0 Å². The van der Waals surface area contributed by atoms with Gasteiger partial charge in [-0.05, 0) is 56.7 Å². The maximum atomic E-state index is 14.2. The fourth-order valence-electron chi connectivity index (χ4n) is 3.33. The Balaban J connectivity index is 1.77. The van der Waals surface area contributed by atoms with Crippen molar-refractivity contribution in [2.75, 3.05) is 5.01 Å². The molecule has 3 aromatic rings. The number of thiophene rings is 1. The molecule has 28 heavy (non-hydrogen) atoms. The highest BCUT2D eigenvalue weighted by atomic mass is 32.1. The predicted octanol–water partition coefficient (Wildman–Crippen LogP) is 5.37. The minimum Gasteiger partial charge on any atom is -0.388 e. The molecule has 5 heteroatoms. The Morgan fingerprint density at radius 2 is 1.68 bits per heavy atom. The molecule has 4 rings (SSSR count). The van der Waals surface area contributed by atoms with Gasteiger partial charge < -0.3 is 5.11 Å². The van der Waals surface area contributed by atoms with Gasteiger partial charge in [0.25, 0.3) is 0 Å². The SMILES string of the molecule is Cc1ccccc1N1NC(C(C)(C)O)C=C1c1ccc(-c2ccccc2F)s1. The molecule has 0 aliphatic carbocycles. The van der Waals surface area contributed by atoms with Crippen molar-refractivity contribution in [2.45, 2.75) is 32.4 Å². The second-order valence-corrected chi connectivity index (χ2v) is 8.66. The van der Waals surface area contributed by atoms with E-state index in [1.165, 1.54) is 6.07 Å². The molecule has 0 saturated heterocycles. The lowest BCUT2D eigenvalue weighted by molar-refractivity contribution is 0.0573. The fourth-order valence-corrected chi connectivity index (χ4v) is 4.38. The minimum atomic E-state index is -0.922. The van der Waals surface area contributed by atoms with E-state index in [4.69, 9.17) is 0 Å². The molecule has 0 fully saturated rings. The van der Waals surface area contributed by atoms with E-state index in [0.717, 1.165) is 26.7 Å². The smallest absolute Gasteiger partial charge is 0.131 e. The molecule has 1 aromatic heterocycles. The predicted molar refractivity (Wildman–Crippen MR) is 115 cm³/mol. The van der Waals surface area contributed by atoms with Gasteiger partial charge in [-0.1, -0.05) is 36.4 Å². The fraction of sp³-hybridized carbons (Fsp3) is 0.217. The van der Waals surface area contributed by atoms with Crippen LogP contribution in [0.1, 0.15) is 24.3 Å². The van der Waals surface area contributed by atoms with Crippen LogP contribution in [0.2, 0.25) is 0 Å². The van der Waals surface area contributed by atoms with Crippen LogP contribution in [0.15, 0.2) is 66.7 Å². The zero-order chi connectivity index (χ0) is 19.9. The van der Waals surface area contributed by atoms with Crippen LogP contribution in [0.25, 0.3) is 16.1 Å². The first-order chi connectivity index (χ1) is 13.3. The van der Waals surface area contributed by atoms with E-state index >= 15 is 0 Å². The van der Waals surface area contributed by atoms with Gasteiger partial charge in [0.1, 0.15) is 5.82 Å². The third-order valence-corrected chi connectivity index (χ3v) is 6.09. The number of anilines is 1. The zero-order valence-corrected chi connectivity index (χ0v) is 16.9. The van der Waals surface area contributed by atoms with E-state index in [9.17, 15) is 9.50 Å². The zero-order valence-electron chi connectivity index (χ0n) is 16.1. The number of para-hydroxylation sites is 1. The number of halogens is 1. The lowest BCUT2D eigenvalue weighted by Gasteiger charge is -2.29.